The molecule has 0 amide bonds. The molecule has 36 heavy (non-hydrogen) atoms. The standard InChI is InChI=1S/C29H33NO6/c1-16(2)36-29(32)26-17(3)30-21-13-19(18-11-12-24(34-5)25(15-18)35-6)14-22(31)28(21)27(26)20-9-7-8-10-23(20)33-4/h7-12,15-16,19,27,30H,13-14H2,1-6H3/t19-,27-/m0/s1. The summed E-state index contributed by atoms with van der Waals surface area (Å²) in [5.41, 5.74) is 4.29. The molecule has 0 fully saturated rings. The zero-order chi connectivity index (χ0) is 26.0. The van der Waals surface area contributed by atoms with Gasteiger partial charge in [0.15, 0.2) is 17.3 Å². The minimum atomic E-state index is -0.581. The van der Waals surface area contributed by atoms with Crippen LogP contribution in [0.25, 0.3) is 0 Å². The SMILES string of the molecule is COc1ccc([C@@H]2CC(=O)C3=C(C2)NC(C)=C(C(=O)OC(C)C)[C@@H]3c2ccccc2OC)cc1OC. The third kappa shape index (κ3) is 4.70. The molecular weight excluding hydrogens is 458 g/mol. The number of allylic oxidation sites excluding steroid dienone is 3. The number of Topliss-reactive ketones (excluding diaryl/α,β-unsaturated/α-hetero) is 1. The molecule has 190 valence electrons. The van der Waals surface area contributed by atoms with Gasteiger partial charge < -0.3 is 24.3 Å². The largest absolute Gasteiger partial charge is 0.496 e. The first-order valence-electron chi connectivity index (χ1n) is 12.1. The quantitative estimate of drug-likeness (QED) is 0.544. The van der Waals surface area contributed by atoms with Crippen LogP contribution in [0.4, 0.5) is 0 Å². The van der Waals surface area contributed by atoms with E-state index in [1.54, 1.807) is 21.3 Å². The van der Waals surface area contributed by atoms with Crippen LogP contribution < -0.4 is 19.5 Å². The number of carbonyl (C=O) groups excluding carboxylic acids is 2. The Balaban J connectivity index is 1.80. The highest BCUT2D eigenvalue weighted by atomic mass is 16.5. The van der Waals surface area contributed by atoms with E-state index in [0.717, 1.165) is 16.8 Å². The van der Waals surface area contributed by atoms with Crippen LogP contribution in [0.3, 0.4) is 0 Å². The minimum absolute atomic E-state index is 0.0122. The van der Waals surface area contributed by atoms with E-state index in [-0.39, 0.29) is 17.8 Å². The summed E-state index contributed by atoms with van der Waals surface area (Å²) in [4.78, 5) is 27.1. The molecule has 1 aliphatic carbocycles. The molecule has 7 heteroatoms. The lowest BCUT2D eigenvalue weighted by atomic mass is 9.71. The normalized spacial score (nSPS) is 19.6. The van der Waals surface area contributed by atoms with Gasteiger partial charge in [0.1, 0.15) is 5.75 Å². The van der Waals surface area contributed by atoms with Gasteiger partial charge in [0.05, 0.1) is 38.9 Å². The molecule has 1 aliphatic heterocycles. The number of ketones is 1. The number of carbonyl (C=O) groups is 2. The van der Waals surface area contributed by atoms with Crippen molar-refractivity contribution in [2.45, 2.75) is 51.6 Å². The van der Waals surface area contributed by atoms with Crippen LogP contribution in [0.5, 0.6) is 17.2 Å². The van der Waals surface area contributed by atoms with E-state index in [4.69, 9.17) is 18.9 Å². The monoisotopic (exact) mass is 491 g/mol. The van der Waals surface area contributed by atoms with Gasteiger partial charge in [-0.2, -0.15) is 0 Å². The number of esters is 1. The summed E-state index contributed by atoms with van der Waals surface area (Å²) in [6.07, 6.45) is 0.641. The molecule has 2 aromatic carbocycles. The van der Waals surface area contributed by atoms with Gasteiger partial charge in [-0.05, 0) is 56.9 Å². The van der Waals surface area contributed by atoms with E-state index in [2.05, 4.69) is 5.32 Å². The van der Waals surface area contributed by atoms with Crippen molar-refractivity contribution >= 4 is 11.8 Å². The molecule has 0 bridgehead atoms. The third-order valence-corrected chi connectivity index (χ3v) is 6.72. The molecular formula is C29H33NO6. The first-order chi connectivity index (χ1) is 17.3. The van der Waals surface area contributed by atoms with E-state index >= 15 is 0 Å². The average Bonchev–Trinajstić information content (AvgIpc) is 2.86. The van der Waals surface area contributed by atoms with Crippen LogP contribution in [0.1, 0.15) is 56.6 Å². The van der Waals surface area contributed by atoms with Crippen molar-refractivity contribution in [3.63, 3.8) is 0 Å². The van der Waals surface area contributed by atoms with Crippen LogP contribution >= 0.6 is 0 Å². The van der Waals surface area contributed by atoms with Crippen molar-refractivity contribution in [3.05, 3.63) is 76.1 Å². The highest BCUT2D eigenvalue weighted by Crippen LogP contribution is 2.48. The predicted molar refractivity (Wildman–Crippen MR) is 136 cm³/mol. The van der Waals surface area contributed by atoms with Gasteiger partial charge in [0.2, 0.25) is 0 Å². The maximum Gasteiger partial charge on any atom is 0.337 e. The molecule has 0 saturated carbocycles. The van der Waals surface area contributed by atoms with E-state index < -0.39 is 11.9 Å². The molecule has 1 N–H and O–H groups in total. The summed E-state index contributed by atoms with van der Waals surface area (Å²) in [5, 5.41) is 3.38. The Kier molecular flexibility index (Phi) is 7.38. The molecule has 0 unspecified atom stereocenters. The topological polar surface area (TPSA) is 83.1 Å². The van der Waals surface area contributed by atoms with Gasteiger partial charge in [0, 0.05) is 29.0 Å². The molecule has 0 aromatic heterocycles. The zero-order valence-electron chi connectivity index (χ0n) is 21.6. The highest BCUT2D eigenvalue weighted by Gasteiger charge is 2.42. The summed E-state index contributed by atoms with van der Waals surface area (Å²) in [6.45, 7) is 5.48. The number of rotatable bonds is 7. The summed E-state index contributed by atoms with van der Waals surface area (Å²) >= 11 is 0. The van der Waals surface area contributed by atoms with Crippen molar-refractivity contribution in [2.24, 2.45) is 0 Å². The average molecular weight is 492 g/mol. The van der Waals surface area contributed by atoms with Crippen LogP contribution in [0, 0.1) is 0 Å². The Hall–Kier alpha value is -3.74. The Bertz CT molecular complexity index is 1240. The van der Waals surface area contributed by atoms with Gasteiger partial charge in [-0.25, -0.2) is 4.79 Å². The molecule has 0 spiro atoms. The lowest BCUT2D eigenvalue weighted by Gasteiger charge is -2.37. The van der Waals surface area contributed by atoms with Gasteiger partial charge in [-0.15, -0.1) is 0 Å². The third-order valence-electron chi connectivity index (χ3n) is 6.72. The Morgan fingerprint density at radius 3 is 2.31 bits per heavy atom. The molecule has 2 atom stereocenters. The Morgan fingerprint density at radius 2 is 1.64 bits per heavy atom. The second-order valence-electron chi connectivity index (χ2n) is 9.33. The zero-order valence-corrected chi connectivity index (χ0v) is 21.6. The van der Waals surface area contributed by atoms with Crippen molar-refractivity contribution < 1.29 is 28.5 Å². The predicted octanol–water partition coefficient (Wildman–Crippen LogP) is 5.03. The molecule has 0 saturated heterocycles. The maximum atomic E-state index is 13.8. The summed E-state index contributed by atoms with van der Waals surface area (Å²) in [5.74, 6) is 0.812. The first-order valence-corrected chi connectivity index (χ1v) is 12.1. The van der Waals surface area contributed by atoms with Crippen molar-refractivity contribution in [1.29, 1.82) is 0 Å². The van der Waals surface area contributed by atoms with Crippen LogP contribution in [-0.4, -0.2) is 39.2 Å². The minimum Gasteiger partial charge on any atom is -0.496 e. The molecule has 4 rings (SSSR count). The highest BCUT2D eigenvalue weighted by molar-refractivity contribution is 6.04. The number of dihydropyridines is 1. The molecule has 2 aliphatic rings. The lowest BCUT2D eigenvalue weighted by Crippen LogP contribution is -2.36. The molecule has 2 aromatic rings. The molecule has 7 nitrogen and oxygen atoms in total. The van der Waals surface area contributed by atoms with Gasteiger partial charge in [-0.3, -0.25) is 4.79 Å². The summed E-state index contributed by atoms with van der Waals surface area (Å²) in [6, 6.07) is 13.3. The number of benzene rings is 2. The summed E-state index contributed by atoms with van der Waals surface area (Å²) < 4.78 is 22.1. The fourth-order valence-corrected chi connectivity index (χ4v) is 5.15. The number of para-hydroxylation sites is 1. The van der Waals surface area contributed by atoms with Crippen molar-refractivity contribution in [1.82, 2.24) is 5.32 Å². The van der Waals surface area contributed by atoms with Crippen LogP contribution in [0.15, 0.2) is 65.0 Å². The number of hydrogen-bond donors (Lipinski definition) is 1. The number of hydrogen-bond acceptors (Lipinski definition) is 7. The second kappa shape index (κ2) is 10.5. The molecule has 0 radical (unpaired) electrons. The van der Waals surface area contributed by atoms with E-state index in [1.165, 1.54) is 0 Å². The van der Waals surface area contributed by atoms with Gasteiger partial charge >= 0.3 is 5.97 Å². The van der Waals surface area contributed by atoms with Crippen molar-refractivity contribution in [2.75, 3.05) is 21.3 Å². The Labute approximate surface area is 212 Å². The number of methoxy groups -OCH3 is 3. The summed E-state index contributed by atoms with van der Waals surface area (Å²) in [7, 11) is 4.79. The fraction of sp³-hybridized carbons (Fsp3) is 0.379. The van der Waals surface area contributed by atoms with Gasteiger partial charge in [0.25, 0.3) is 0 Å². The van der Waals surface area contributed by atoms with Gasteiger partial charge in [-0.1, -0.05) is 24.3 Å². The maximum absolute atomic E-state index is 13.8. The smallest absolute Gasteiger partial charge is 0.337 e. The van der Waals surface area contributed by atoms with Crippen LogP contribution in [0.2, 0.25) is 0 Å². The van der Waals surface area contributed by atoms with Crippen molar-refractivity contribution in [3.8, 4) is 17.2 Å². The fourth-order valence-electron chi connectivity index (χ4n) is 5.15. The number of ether oxygens (including phenoxy) is 4. The molecule has 1 heterocycles. The first kappa shape index (κ1) is 25.4. The van der Waals surface area contributed by atoms with E-state index in [9.17, 15) is 9.59 Å². The lowest BCUT2D eigenvalue weighted by molar-refractivity contribution is -0.143. The van der Waals surface area contributed by atoms with Crippen LogP contribution in [-0.2, 0) is 14.3 Å². The van der Waals surface area contributed by atoms with E-state index in [0.29, 0.717) is 46.9 Å². The second-order valence-corrected chi connectivity index (χ2v) is 9.33. The van der Waals surface area contributed by atoms with E-state index in [1.807, 2.05) is 63.2 Å². The Morgan fingerprint density at radius 1 is 0.944 bits per heavy atom. The number of nitrogens with one attached hydrogen (secondary N) is 1.